The second kappa shape index (κ2) is 4.96. The summed E-state index contributed by atoms with van der Waals surface area (Å²) in [5.74, 6) is -0.620. The van der Waals surface area contributed by atoms with Gasteiger partial charge in [0.05, 0.1) is 23.0 Å². The molecule has 1 saturated heterocycles. The van der Waals surface area contributed by atoms with Crippen LogP contribution in [-0.4, -0.2) is 28.1 Å². The maximum atomic E-state index is 11.9. The molecule has 0 radical (unpaired) electrons. The molecule has 0 N–H and O–H groups in total. The summed E-state index contributed by atoms with van der Waals surface area (Å²) in [6, 6.07) is 0. The van der Waals surface area contributed by atoms with Gasteiger partial charge in [-0.15, -0.1) is 0 Å². The van der Waals surface area contributed by atoms with Crippen molar-refractivity contribution in [2.75, 3.05) is 6.61 Å². The summed E-state index contributed by atoms with van der Waals surface area (Å²) in [5.41, 5.74) is 0.350. The summed E-state index contributed by atoms with van der Waals surface area (Å²) >= 11 is 6.24. The fourth-order valence-corrected chi connectivity index (χ4v) is 2.69. The van der Waals surface area contributed by atoms with E-state index in [2.05, 4.69) is 5.10 Å². The van der Waals surface area contributed by atoms with E-state index in [9.17, 15) is 9.59 Å². The van der Waals surface area contributed by atoms with E-state index in [4.69, 9.17) is 16.3 Å². The van der Waals surface area contributed by atoms with Gasteiger partial charge >= 0.3 is 5.97 Å². The Kier molecular flexibility index (Phi) is 3.67. The topological polar surface area (TPSA) is 61.2 Å². The Labute approximate surface area is 116 Å². The van der Waals surface area contributed by atoms with Crippen molar-refractivity contribution >= 4 is 23.4 Å². The van der Waals surface area contributed by atoms with Crippen molar-refractivity contribution < 1.29 is 14.3 Å². The Balaban J connectivity index is 2.44. The van der Waals surface area contributed by atoms with Crippen molar-refractivity contribution in [2.45, 2.75) is 40.2 Å². The summed E-state index contributed by atoms with van der Waals surface area (Å²) in [7, 11) is 0. The molecule has 1 fully saturated rings. The minimum atomic E-state index is -1.09. The minimum Gasteiger partial charge on any atom is -0.465 e. The fourth-order valence-electron chi connectivity index (χ4n) is 2.49. The molecule has 1 aliphatic heterocycles. The van der Waals surface area contributed by atoms with Crippen molar-refractivity contribution in [2.24, 2.45) is 5.41 Å². The lowest BCUT2D eigenvalue weighted by Crippen LogP contribution is -2.37. The van der Waals surface area contributed by atoms with Crippen LogP contribution < -0.4 is 0 Å². The molecule has 1 aromatic rings. The number of aromatic nitrogens is 2. The smallest absolute Gasteiger partial charge is 0.320 e. The Bertz CT molecular complexity index is 538. The molecule has 104 valence electrons. The summed E-state index contributed by atoms with van der Waals surface area (Å²) in [6.45, 7) is 6.12. The Morgan fingerprint density at radius 3 is 2.74 bits per heavy atom. The predicted octanol–water partition coefficient (Wildman–Crippen LogP) is 1.93. The normalized spacial score (nSPS) is 22.6. The quantitative estimate of drug-likeness (QED) is 0.626. The third-order valence-corrected chi connectivity index (χ3v) is 4.24. The van der Waals surface area contributed by atoms with Crippen LogP contribution in [0.3, 0.4) is 0 Å². The second-order valence-electron chi connectivity index (χ2n) is 4.86. The number of esters is 1. The zero-order valence-electron chi connectivity index (χ0n) is 11.3. The van der Waals surface area contributed by atoms with Crippen LogP contribution in [0.25, 0.3) is 0 Å². The molecule has 0 amide bonds. The molecule has 19 heavy (non-hydrogen) atoms. The average molecular weight is 285 g/mol. The summed E-state index contributed by atoms with van der Waals surface area (Å²) in [6.07, 6.45) is 0.667. The Morgan fingerprint density at radius 1 is 1.58 bits per heavy atom. The van der Waals surface area contributed by atoms with Crippen LogP contribution in [0.1, 0.15) is 31.7 Å². The van der Waals surface area contributed by atoms with Gasteiger partial charge in [0, 0.05) is 19.4 Å². The number of carbonyl (C=O) groups excluding carboxylic acids is 2. The molecule has 2 rings (SSSR count). The molecular weight excluding hydrogens is 268 g/mol. The molecular formula is C13H17ClN2O3. The third kappa shape index (κ3) is 2.16. The highest BCUT2D eigenvalue weighted by molar-refractivity contribution is 6.32. The molecule has 1 atom stereocenters. The third-order valence-electron chi connectivity index (χ3n) is 3.75. The largest absolute Gasteiger partial charge is 0.465 e. The van der Waals surface area contributed by atoms with E-state index >= 15 is 0 Å². The van der Waals surface area contributed by atoms with Crippen LogP contribution >= 0.6 is 11.6 Å². The molecule has 2 heterocycles. The summed E-state index contributed by atoms with van der Waals surface area (Å²) in [4.78, 5) is 23.9. The van der Waals surface area contributed by atoms with E-state index in [1.165, 1.54) is 6.92 Å². The first kappa shape index (κ1) is 14.1. The van der Waals surface area contributed by atoms with E-state index in [1.54, 1.807) is 4.68 Å². The van der Waals surface area contributed by atoms with Gasteiger partial charge in [-0.25, -0.2) is 0 Å². The van der Waals surface area contributed by atoms with E-state index in [0.717, 1.165) is 5.69 Å². The first-order valence-corrected chi connectivity index (χ1v) is 6.70. The predicted molar refractivity (Wildman–Crippen MR) is 70.0 cm³/mol. The number of hydrogen-bond acceptors (Lipinski definition) is 4. The number of Topliss-reactive ketones (excluding diaryl/α,β-unsaturated/α-hetero) is 1. The van der Waals surface area contributed by atoms with Gasteiger partial charge in [-0.05, 0) is 20.8 Å². The van der Waals surface area contributed by atoms with Gasteiger partial charge in [-0.2, -0.15) is 5.10 Å². The minimum absolute atomic E-state index is 0.174. The highest BCUT2D eigenvalue weighted by atomic mass is 35.5. The number of hydrogen-bond donors (Lipinski definition) is 0. The number of ether oxygens (including phenoxy) is 1. The second-order valence-corrected chi connectivity index (χ2v) is 5.24. The van der Waals surface area contributed by atoms with Crippen LogP contribution in [0.5, 0.6) is 0 Å². The van der Waals surface area contributed by atoms with Gasteiger partial charge in [-0.1, -0.05) is 11.6 Å². The molecule has 0 spiro atoms. The van der Waals surface area contributed by atoms with Crippen LogP contribution in [0, 0.1) is 12.3 Å². The first-order chi connectivity index (χ1) is 8.92. The summed E-state index contributed by atoms with van der Waals surface area (Å²) in [5, 5.41) is 4.84. The van der Waals surface area contributed by atoms with Crippen molar-refractivity contribution in [3.05, 3.63) is 16.4 Å². The van der Waals surface area contributed by atoms with Crippen LogP contribution in [-0.2, 0) is 27.3 Å². The van der Waals surface area contributed by atoms with Gasteiger partial charge in [0.15, 0.2) is 0 Å². The van der Waals surface area contributed by atoms with Gasteiger partial charge < -0.3 is 4.74 Å². The number of cyclic esters (lactones) is 1. The molecule has 6 heteroatoms. The molecule has 1 aliphatic rings. The zero-order valence-corrected chi connectivity index (χ0v) is 12.1. The number of nitrogens with zero attached hydrogens (tertiary/aromatic N) is 2. The average Bonchev–Trinajstić information content (AvgIpc) is 2.86. The molecule has 5 nitrogen and oxygen atoms in total. The maximum absolute atomic E-state index is 11.9. The van der Waals surface area contributed by atoms with Gasteiger partial charge in [0.2, 0.25) is 0 Å². The van der Waals surface area contributed by atoms with Crippen LogP contribution in [0.2, 0.25) is 5.02 Å². The van der Waals surface area contributed by atoms with Gasteiger partial charge in [0.1, 0.15) is 11.2 Å². The molecule has 0 aliphatic carbocycles. The lowest BCUT2D eigenvalue weighted by Gasteiger charge is -2.21. The van der Waals surface area contributed by atoms with Crippen molar-refractivity contribution in [3.63, 3.8) is 0 Å². The number of rotatable bonds is 4. The van der Waals surface area contributed by atoms with E-state index < -0.39 is 11.4 Å². The van der Waals surface area contributed by atoms with Gasteiger partial charge in [0.25, 0.3) is 0 Å². The van der Waals surface area contributed by atoms with E-state index in [-0.39, 0.29) is 18.8 Å². The molecule has 0 aromatic carbocycles. The lowest BCUT2D eigenvalue weighted by atomic mass is 9.78. The monoisotopic (exact) mass is 284 g/mol. The highest BCUT2D eigenvalue weighted by Gasteiger charge is 2.49. The Hall–Kier alpha value is -1.36. The fraction of sp³-hybridized carbons (Fsp3) is 0.615. The standard InChI is InChI=1S/C13H17ClN2O3/c1-4-16-10(11(14)8(2)15-16)7-13(9(3)17)5-6-19-12(13)18/h4-7H2,1-3H3. The van der Waals surface area contributed by atoms with Crippen LogP contribution in [0.15, 0.2) is 0 Å². The van der Waals surface area contributed by atoms with E-state index in [0.29, 0.717) is 23.7 Å². The molecule has 1 unspecified atom stereocenters. The number of aryl methyl sites for hydroxylation is 2. The van der Waals surface area contributed by atoms with Crippen LogP contribution in [0.4, 0.5) is 0 Å². The number of ketones is 1. The first-order valence-electron chi connectivity index (χ1n) is 6.32. The SMILES string of the molecule is CCn1nc(C)c(Cl)c1CC1(C(C)=O)CCOC1=O. The van der Waals surface area contributed by atoms with Crippen molar-refractivity contribution in [3.8, 4) is 0 Å². The molecule has 1 aromatic heterocycles. The molecule has 0 bridgehead atoms. The van der Waals surface area contributed by atoms with E-state index in [1.807, 2.05) is 13.8 Å². The van der Waals surface area contributed by atoms with Crippen molar-refractivity contribution in [1.82, 2.24) is 9.78 Å². The highest BCUT2D eigenvalue weighted by Crippen LogP contribution is 2.37. The number of carbonyl (C=O) groups is 2. The molecule has 0 saturated carbocycles. The zero-order chi connectivity index (χ0) is 14.2. The van der Waals surface area contributed by atoms with Gasteiger partial charge in [-0.3, -0.25) is 14.3 Å². The maximum Gasteiger partial charge on any atom is 0.320 e. The Morgan fingerprint density at radius 2 is 2.26 bits per heavy atom. The lowest BCUT2D eigenvalue weighted by molar-refractivity contribution is -0.150. The van der Waals surface area contributed by atoms with Crippen molar-refractivity contribution in [1.29, 1.82) is 0 Å². The number of halogens is 1. The summed E-state index contributed by atoms with van der Waals surface area (Å²) < 4.78 is 6.73.